The molecule has 0 fully saturated rings. The summed E-state index contributed by atoms with van der Waals surface area (Å²) in [6, 6.07) is 7.53. The lowest BCUT2D eigenvalue weighted by Crippen LogP contribution is -2.26. The first-order valence-corrected chi connectivity index (χ1v) is 7.25. The van der Waals surface area contributed by atoms with Crippen LogP contribution in [0.15, 0.2) is 28.7 Å². The number of hydrogen-bond donors (Lipinski definition) is 0. The van der Waals surface area contributed by atoms with Crippen LogP contribution in [0.4, 0.5) is 0 Å². The molecule has 0 unspecified atom stereocenters. The summed E-state index contributed by atoms with van der Waals surface area (Å²) >= 11 is 0. The van der Waals surface area contributed by atoms with Crippen LogP contribution < -0.4 is 9.47 Å². The molecule has 2 aromatic rings. The summed E-state index contributed by atoms with van der Waals surface area (Å²) < 4.78 is 16.5. The van der Waals surface area contributed by atoms with Gasteiger partial charge in [-0.15, -0.1) is 0 Å². The molecule has 1 aliphatic rings. The van der Waals surface area contributed by atoms with Crippen molar-refractivity contribution in [2.24, 2.45) is 0 Å². The summed E-state index contributed by atoms with van der Waals surface area (Å²) in [5.74, 6) is 2.83. The molecule has 0 atom stereocenters. The van der Waals surface area contributed by atoms with Crippen molar-refractivity contribution in [3.63, 3.8) is 0 Å². The third-order valence-corrected chi connectivity index (χ3v) is 3.64. The lowest BCUT2D eigenvalue weighted by molar-refractivity contribution is 0.0783. The Bertz CT molecular complexity index is 705. The largest absolute Gasteiger partial charge is 0.486 e. The number of ether oxygens (including phenoxy) is 2. The summed E-state index contributed by atoms with van der Waals surface area (Å²) in [5.41, 5.74) is 1.61. The third-order valence-electron chi connectivity index (χ3n) is 3.64. The number of rotatable bonds is 3. The Kier molecular flexibility index (Phi) is 3.79. The van der Waals surface area contributed by atoms with Crippen molar-refractivity contribution in [1.29, 1.82) is 0 Å². The van der Waals surface area contributed by atoms with Gasteiger partial charge in [-0.3, -0.25) is 4.79 Å². The molecule has 0 bridgehead atoms. The number of hydrogen-bond acceptors (Lipinski definition) is 4. The number of furan rings is 1. The molecule has 1 aromatic heterocycles. The number of nitrogens with zero attached hydrogens (tertiary/aromatic N) is 1. The molecule has 0 saturated carbocycles. The Hall–Kier alpha value is -2.43. The zero-order valence-electron chi connectivity index (χ0n) is 13.0. The highest BCUT2D eigenvalue weighted by Gasteiger charge is 2.19. The Labute approximate surface area is 129 Å². The fourth-order valence-corrected chi connectivity index (χ4v) is 2.58. The lowest BCUT2D eigenvalue weighted by atomic mass is 10.1. The molecule has 1 amide bonds. The predicted molar refractivity (Wildman–Crippen MR) is 81.4 cm³/mol. The summed E-state index contributed by atoms with van der Waals surface area (Å²) in [5, 5.41) is 0. The van der Waals surface area contributed by atoms with Crippen LogP contribution >= 0.6 is 0 Å². The fraction of sp³-hybridized carbons (Fsp3) is 0.353. The second kappa shape index (κ2) is 5.75. The van der Waals surface area contributed by atoms with Crippen molar-refractivity contribution in [3.05, 3.63) is 46.9 Å². The van der Waals surface area contributed by atoms with Crippen LogP contribution in [0.1, 0.15) is 27.4 Å². The van der Waals surface area contributed by atoms with Gasteiger partial charge in [-0.25, -0.2) is 0 Å². The molecular formula is C17H19NO4. The van der Waals surface area contributed by atoms with Gasteiger partial charge in [0.15, 0.2) is 11.5 Å². The lowest BCUT2D eigenvalue weighted by Gasteiger charge is -2.21. The number of amides is 1. The maximum atomic E-state index is 12.5. The van der Waals surface area contributed by atoms with E-state index in [0.29, 0.717) is 31.1 Å². The predicted octanol–water partition coefficient (Wildman–Crippen LogP) is 2.94. The van der Waals surface area contributed by atoms with E-state index in [1.54, 1.807) is 24.9 Å². The first-order valence-electron chi connectivity index (χ1n) is 7.25. The molecule has 0 radical (unpaired) electrons. The van der Waals surface area contributed by atoms with Crippen molar-refractivity contribution in [1.82, 2.24) is 4.90 Å². The van der Waals surface area contributed by atoms with Gasteiger partial charge in [0.1, 0.15) is 24.7 Å². The highest BCUT2D eigenvalue weighted by molar-refractivity contribution is 5.95. The van der Waals surface area contributed by atoms with Gasteiger partial charge in [-0.1, -0.05) is 6.07 Å². The normalized spacial score (nSPS) is 13.0. The maximum absolute atomic E-state index is 12.5. The van der Waals surface area contributed by atoms with E-state index in [1.807, 2.05) is 25.1 Å². The average Bonchev–Trinajstić information content (AvgIpc) is 2.85. The monoisotopic (exact) mass is 301 g/mol. The first-order chi connectivity index (χ1) is 10.5. The van der Waals surface area contributed by atoms with Crippen LogP contribution in [-0.2, 0) is 6.54 Å². The molecule has 116 valence electrons. The minimum Gasteiger partial charge on any atom is -0.486 e. The van der Waals surface area contributed by atoms with E-state index in [2.05, 4.69) is 0 Å². The Morgan fingerprint density at radius 2 is 1.86 bits per heavy atom. The molecule has 0 saturated heterocycles. The van der Waals surface area contributed by atoms with Crippen LogP contribution in [0.25, 0.3) is 0 Å². The van der Waals surface area contributed by atoms with Crippen LogP contribution in [0.5, 0.6) is 11.5 Å². The van der Waals surface area contributed by atoms with Gasteiger partial charge in [0.2, 0.25) is 0 Å². The highest BCUT2D eigenvalue weighted by Crippen LogP contribution is 2.31. The second-order valence-electron chi connectivity index (χ2n) is 5.47. The second-order valence-corrected chi connectivity index (χ2v) is 5.47. The van der Waals surface area contributed by atoms with Gasteiger partial charge in [-0.2, -0.15) is 0 Å². The highest BCUT2D eigenvalue weighted by atomic mass is 16.6. The molecule has 3 rings (SSSR count). The van der Waals surface area contributed by atoms with Gasteiger partial charge in [-0.05, 0) is 37.6 Å². The smallest absolute Gasteiger partial charge is 0.257 e. The van der Waals surface area contributed by atoms with E-state index in [-0.39, 0.29) is 5.91 Å². The molecule has 0 spiro atoms. The minimum absolute atomic E-state index is 0.0516. The van der Waals surface area contributed by atoms with Crippen molar-refractivity contribution in [2.75, 3.05) is 20.3 Å². The van der Waals surface area contributed by atoms with E-state index in [1.165, 1.54) is 0 Å². The van der Waals surface area contributed by atoms with E-state index < -0.39 is 0 Å². The van der Waals surface area contributed by atoms with Crippen LogP contribution in [0, 0.1) is 13.8 Å². The van der Waals surface area contributed by atoms with Gasteiger partial charge >= 0.3 is 0 Å². The SMILES string of the molecule is Cc1cc(C(=O)N(C)Cc2ccc3c(c2)OCCO3)c(C)o1. The number of carbonyl (C=O) groups is 1. The Morgan fingerprint density at radius 3 is 2.55 bits per heavy atom. The molecule has 0 N–H and O–H groups in total. The summed E-state index contributed by atoms with van der Waals surface area (Å²) in [6.07, 6.45) is 0. The van der Waals surface area contributed by atoms with Crippen molar-refractivity contribution >= 4 is 5.91 Å². The van der Waals surface area contributed by atoms with E-state index in [4.69, 9.17) is 13.9 Å². The maximum Gasteiger partial charge on any atom is 0.257 e. The number of fused-ring (bicyclic) bond motifs is 1. The number of aryl methyl sites for hydroxylation is 2. The van der Waals surface area contributed by atoms with Gasteiger partial charge in [0, 0.05) is 13.6 Å². The van der Waals surface area contributed by atoms with Crippen LogP contribution in [-0.4, -0.2) is 31.1 Å². The Morgan fingerprint density at radius 1 is 1.14 bits per heavy atom. The zero-order chi connectivity index (χ0) is 15.7. The minimum atomic E-state index is -0.0516. The van der Waals surface area contributed by atoms with E-state index in [9.17, 15) is 4.79 Å². The fourth-order valence-electron chi connectivity index (χ4n) is 2.58. The average molecular weight is 301 g/mol. The van der Waals surface area contributed by atoms with E-state index in [0.717, 1.165) is 22.8 Å². The molecule has 1 aliphatic heterocycles. The molecule has 5 heteroatoms. The molecular weight excluding hydrogens is 282 g/mol. The molecule has 1 aromatic carbocycles. The van der Waals surface area contributed by atoms with Gasteiger partial charge in [0.25, 0.3) is 5.91 Å². The van der Waals surface area contributed by atoms with Crippen LogP contribution in [0.2, 0.25) is 0 Å². The first kappa shape index (κ1) is 14.5. The van der Waals surface area contributed by atoms with Crippen molar-refractivity contribution < 1.29 is 18.7 Å². The van der Waals surface area contributed by atoms with Gasteiger partial charge in [0.05, 0.1) is 5.56 Å². The summed E-state index contributed by atoms with van der Waals surface area (Å²) in [4.78, 5) is 14.2. The Balaban J connectivity index is 1.75. The number of benzene rings is 1. The third kappa shape index (κ3) is 2.79. The molecule has 5 nitrogen and oxygen atoms in total. The molecule has 22 heavy (non-hydrogen) atoms. The van der Waals surface area contributed by atoms with Crippen molar-refractivity contribution in [3.8, 4) is 11.5 Å². The summed E-state index contributed by atoms with van der Waals surface area (Å²) in [7, 11) is 1.78. The standard InChI is InChI=1S/C17H19NO4/c1-11-8-14(12(2)22-11)17(19)18(3)10-13-4-5-15-16(9-13)21-7-6-20-15/h4-5,8-9H,6-7,10H2,1-3H3. The van der Waals surface area contributed by atoms with E-state index >= 15 is 0 Å². The van der Waals surface area contributed by atoms with Crippen molar-refractivity contribution in [2.45, 2.75) is 20.4 Å². The molecule has 2 heterocycles. The topological polar surface area (TPSA) is 51.9 Å². The zero-order valence-corrected chi connectivity index (χ0v) is 13.0. The van der Waals surface area contributed by atoms with Crippen LogP contribution in [0.3, 0.4) is 0 Å². The van der Waals surface area contributed by atoms with Gasteiger partial charge < -0.3 is 18.8 Å². The quantitative estimate of drug-likeness (QED) is 0.874. The summed E-state index contributed by atoms with van der Waals surface area (Å²) in [6.45, 7) is 5.27. The number of carbonyl (C=O) groups excluding carboxylic acids is 1. The molecule has 0 aliphatic carbocycles.